The zero-order valence-electron chi connectivity index (χ0n) is 15.0. The number of oxazole rings is 1. The van der Waals surface area contributed by atoms with Crippen LogP contribution in [-0.4, -0.2) is 71.2 Å². The van der Waals surface area contributed by atoms with Crippen LogP contribution in [0.4, 0.5) is 0 Å². The average Bonchev–Trinajstić information content (AvgIpc) is 3.03. The highest BCUT2D eigenvalue weighted by Crippen LogP contribution is 2.11. The van der Waals surface area contributed by atoms with Crippen molar-refractivity contribution in [2.24, 2.45) is 5.92 Å². The second-order valence-electron chi connectivity index (χ2n) is 6.77. The van der Waals surface area contributed by atoms with E-state index in [0.717, 1.165) is 39.1 Å². The Morgan fingerprint density at radius 2 is 2.00 bits per heavy atom. The summed E-state index contributed by atoms with van der Waals surface area (Å²) in [5.41, 5.74) is 0.345. The molecule has 1 atom stereocenters. The minimum absolute atomic E-state index is 0.181. The van der Waals surface area contributed by atoms with Crippen LogP contribution in [0.25, 0.3) is 0 Å². The number of nitrogens with zero attached hydrogens (tertiary/aromatic N) is 3. The van der Waals surface area contributed by atoms with Crippen LogP contribution >= 0.6 is 0 Å². The number of hydrogen-bond acceptors (Lipinski definition) is 6. The van der Waals surface area contributed by atoms with Crippen LogP contribution < -0.4 is 5.32 Å². The molecule has 7 heteroatoms. The van der Waals surface area contributed by atoms with Gasteiger partial charge in [0.05, 0.1) is 12.6 Å². The van der Waals surface area contributed by atoms with Gasteiger partial charge in [0.15, 0.2) is 5.69 Å². The number of aromatic nitrogens is 1. The van der Waals surface area contributed by atoms with Crippen molar-refractivity contribution in [2.75, 3.05) is 39.3 Å². The summed E-state index contributed by atoms with van der Waals surface area (Å²) in [6, 6.07) is 0. The third-order valence-electron chi connectivity index (χ3n) is 4.36. The minimum atomic E-state index is -0.271. The lowest BCUT2D eigenvalue weighted by atomic mass is 10.1. The Balaban J connectivity index is 1.76. The van der Waals surface area contributed by atoms with E-state index in [9.17, 15) is 9.90 Å². The molecule has 0 spiro atoms. The van der Waals surface area contributed by atoms with E-state index < -0.39 is 0 Å². The van der Waals surface area contributed by atoms with E-state index in [4.69, 9.17) is 4.42 Å². The Bertz CT molecular complexity index is 510. The Morgan fingerprint density at radius 3 is 2.62 bits per heavy atom. The Hall–Kier alpha value is -1.44. The zero-order valence-corrected chi connectivity index (χ0v) is 15.0. The van der Waals surface area contributed by atoms with Crippen molar-refractivity contribution < 1.29 is 14.3 Å². The SMILES string of the molecule is CCCNC(=O)c1coc(CN2CCN(C[C@@H](O)C(C)C)CC2)n1. The van der Waals surface area contributed by atoms with E-state index in [1.54, 1.807) is 0 Å². The Labute approximate surface area is 144 Å². The molecule has 7 nitrogen and oxygen atoms in total. The van der Waals surface area contributed by atoms with Crippen LogP contribution in [0.3, 0.4) is 0 Å². The molecule has 1 aliphatic rings. The standard InChI is InChI=1S/C17H30N4O3/c1-4-5-18-17(23)14-12-24-16(19-14)11-21-8-6-20(7-9-21)10-15(22)13(2)3/h12-13,15,22H,4-11H2,1-3H3,(H,18,23)/t15-/m1/s1. The first-order valence-corrected chi connectivity index (χ1v) is 8.85. The lowest BCUT2D eigenvalue weighted by molar-refractivity contribution is 0.0463. The van der Waals surface area contributed by atoms with Crippen molar-refractivity contribution in [3.05, 3.63) is 17.8 Å². The van der Waals surface area contributed by atoms with Crippen molar-refractivity contribution in [2.45, 2.75) is 39.8 Å². The summed E-state index contributed by atoms with van der Waals surface area (Å²) in [4.78, 5) is 20.7. The summed E-state index contributed by atoms with van der Waals surface area (Å²) in [5, 5.41) is 12.8. The number of piperazine rings is 1. The second-order valence-corrected chi connectivity index (χ2v) is 6.77. The lowest BCUT2D eigenvalue weighted by Crippen LogP contribution is -2.48. The van der Waals surface area contributed by atoms with Gasteiger partial charge < -0.3 is 14.8 Å². The molecule has 1 aromatic heterocycles. The highest BCUT2D eigenvalue weighted by atomic mass is 16.3. The van der Waals surface area contributed by atoms with Gasteiger partial charge in [0.2, 0.25) is 5.89 Å². The van der Waals surface area contributed by atoms with Gasteiger partial charge >= 0.3 is 0 Å². The molecular formula is C17H30N4O3. The van der Waals surface area contributed by atoms with Crippen LogP contribution in [0.2, 0.25) is 0 Å². The van der Waals surface area contributed by atoms with E-state index >= 15 is 0 Å². The Kier molecular flexibility index (Phi) is 7.20. The van der Waals surface area contributed by atoms with Gasteiger partial charge in [0.1, 0.15) is 6.26 Å². The van der Waals surface area contributed by atoms with Crippen molar-refractivity contribution in [3.8, 4) is 0 Å². The molecule has 0 aliphatic carbocycles. The highest BCUT2D eigenvalue weighted by molar-refractivity contribution is 5.91. The number of β-amino-alcohol motifs (C(OH)–C–C–N with tert-alkyl or cyclic N) is 1. The number of amides is 1. The molecule has 0 saturated carbocycles. The minimum Gasteiger partial charge on any atom is -0.447 e. The van der Waals surface area contributed by atoms with Crippen molar-refractivity contribution in [3.63, 3.8) is 0 Å². The zero-order chi connectivity index (χ0) is 17.5. The smallest absolute Gasteiger partial charge is 0.273 e. The van der Waals surface area contributed by atoms with Crippen LogP contribution in [0.5, 0.6) is 0 Å². The van der Waals surface area contributed by atoms with Gasteiger partial charge in [0, 0.05) is 39.3 Å². The van der Waals surface area contributed by atoms with Gasteiger partial charge in [-0.3, -0.25) is 14.6 Å². The summed E-state index contributed by atoms with van der Waals surface area (Å²) >= 11 is 0. The molecule has 0 bridgehead atoms. The molecule has 136 valence electrons. The van der Waals surface area contributed by atoms with Gasteiger partial charge in [-0.2, -0.15) is 0 Å². The second kappa shape index (κ2) is 9.15. The van der Waals surface area contributed by atoms with Crippen LogP contribution in [0, 0.1) is 5.92 Å². The summed E-state index contributed by atoms with van der Waals surface area (Å²) in [6.07, 6.45) is 2.05. The Morgan fingerprint density at radius 1 is 1.33 bits per heavy atom. The first kappa shape index (κ1) is 18.9. The number of rotatable bonds is 8. The molecule has 1 amide bonds. The average molecular weight is 338 g/mol. The van der Waals surface area contributed by atoms with E-state index in [1.807, 2.05) is 20.8 Å². The summed E-state index contributed by atoms with van der Waals surface area (Å²) < 4.78 is 5.42. The predicted octanol–water partition coefficient (Wildman–Crippen LogP) is 0.949. The van der Waals surface area contributed by atoms with E-state index in [0.29, 0.717) is 24.7 Å². The quantitative estimate of drug-likeness (QED) is 0.734. The van der Waals surface area contributed by atoms with E-state index in [1.165, 1.54) is 6.26 Å². The maximum Gasteiger partial charge on any atom is 0.273 e. The number of carbonyl (C=O) groups excluding carboxylic acids is 1. The fraction of sp³-hybridized carbons (Fsp3) is 0.765. The molecule has 24 heavy (non-hydrogen) atoms. The molecular weight excluding hydrogens is 308 g/mol. The number of aliphatic hydroxyl groups excluding tert-OH is 1. The lowest BCUT2D eigenvalue weighted by Gasteiger charge is -2.35. The molecule has 2 N–H and O–H groups in total. The fourth-order valence-corrected chi connectivity index (χ4v) is 2.61. The first-order valence-electron chi connectivity index (χ1n) is 8.85. The van der Waals surface area contributed by atoms with Crippen LogP contribution in [-0.2, 0) is 6.54 Å². The number of aliphatic hydroxyl groups is 1. The van der Waals surface area contributed by atoms with Gasteiger partial charge in [-0.1, -0.05) is 20.8 Å². The first-order chi connectivity index (χ1) is 11.5. The highest BCUT2D eigenvalue weighted by Gasteiger charge is 2.22. The number of nitrogens with one attached hydrogen (secondary N) is 1. The van der Waals surface area contributed by atoms with Crippen LogP contribution in [0.15, 0.2) is 10.7 Å². The monoisotopic (exact) mass is 338 g/mol. The molecule has 0 unspecified atom stereocenters. The topological polar surface area (TPSA) is 81.8 Å². The van der Waals surface area contributed by atoms with Crippen molar-refractivity contribution in [1.29, 1.82) is 0 Å². The predicted molar refractivity (Wildman–Crippen MR) is 91.7 cm³/mol. The molecule has 1 saturated heterocycles. The van der Waals surface area contributed by atoms with Crippen molar-refractivity contribution >= 4 is 5.91 Å². The van der Waals surface area contributed by atoms with Gasteiger partial charge in [-0.05, 0) is 12.3 Å². The third kappa shape index (κ3) is 5.58. The number of hydrogen-bond donors (Lipinski definition) is 2. The van der Waals surface area contributed by atoms with E-state index in [2.05, 4.69) is 20.1 Å². The van der Waals surface area contributed by atoms with Gasteiger partial charge in [-0.15, -0.1) is 0 Å². The van der Waals surface area contributed by atoms with Crippen molar-refractivity contribution in [1.82, 2.24) is 20.1 Å². The molecule has 1 aliphatic heterocycles. The van der Waals surface area contributed by atoms with Gasteiger partial charge in [-0.25, -0.2) is 4.98 Å². The maximum absolute atomic E-state index is 11.8. The normalized spacial score (nSPS) is 18.0. The van der Waals surface area contributed by atoms with E-state index in [-0.39, 0.29) is 17.9 Å². The maximum atomic E-state index is 11.8. The fourth-order valence-electron chi connectivity index (χ4n) is 2.61. The molecule has 1 fully saturated rings. The molecule has 2 heterocycles. The third-order valence-corrected chi connectivity index (χ3v) is 4.36. The van der Waals surface area contributed by atoms with Gasteiger partial charge in [0.25, 0.3) is 5.91 Å². The summed E-state index contributed by atoms with van der Waals surface area (Å²) in [5.74, 6) is 0.680. The number of carbonyl (C=O) groups is 1. The molecule has 2 rings (SSSR count). The summed E-state index contributed by atoms with van der Waals surface area (Å²) in [7, 11) is 0. The molecule has 0 aromatic carbocycles. The molecule has 1 aromatic rings. The van der Waals surface area contributed by atoms with Crippen LogP contribution in [0.1, 0.15) is 43.6 Å². The largest absolute Gasteiger partial charge is 0.447 e. The molecule has 0 radical (unpaired) electrons. The summed E-state index contributed by atoms with van der Waals surface area (Å²) in [6.45, 7) is 11.7.